The molecule has 0 fully saturated rings. The average molecular weight is 939 g/mol. The van der Waals surface area contributed by atoms with Gasteiger partial charge in [-0.2, -0.15) is 0 Å². The molecule has 15 nitrogen and oxygen atoms in total. The minimum absolute atomic E-state index is 0.0618. The van der Waals surface area contributed by atoms with Crippen LogP contribution in [0.25, 0.3) is 0 Å². The number of carbonyl (C=O) groups is 2. The molecule has 0 saturated heterocycles. The van der Waals surface area contributed by atoms with Gasteiger partial charge in [0, 0.05) is 12.8 Å². The molecule has 0 spiro atoms. The van der Waals surface area contributed by atoms with Crippen LogP contribution in [0.2, 0.25) is 0 Å². The van der Waals surface area contributed by atoms with E-state index in [0.29, 0.717) is 25.7 Å². The lowest BCUT2D eigenvalue weighted by atomic mass is 10.2. The molecule has 64 heavy (non-hydrogen) atoms. The predicted octanol–water partition coefficient (Wildman–Crippen LogP) is 9.26. The predicted molar refractivity (Wildman–Crippen MR) is 251 cm³/mol. The van der Waals surface area contributed by atoms with Gasteiger partial charge in [0.25, 0.3) is 0 Å². The Bertz CT molecular complexity index is 1660. The quantitative estimate of drug-likeness (QED) is 0.0127. The summed E-state index contributed by atoms with van der Waals surface area (Å²) in [5.74, 6) is -1.16. The molecule has 0 aliphatic rings. The maximum Gasteiger partial charge on any atom is 0.472 e. The zero-order valence-electron chi connectivity index (χ0n) is 37.4. The Kier molecular flexibility index (Phi) is 39.4. The zero-order valence-corrected chi connectivity index (χ0v) is 39.2. The Morgan fingerprint density at radius 2 is 0.750 bits per heavy atom. The number of esters is 2. The topological polar surface area (TPSA) is 225 Å². The van der Waals surface area contributed by atoms with Crippen LogP contribution in [0.4, 0.5) is 0 Å². The van der Waals surface area contributed by atoms with Crippen molar-refractivity contribution < 1.29 is 71.4 Å². The summed E-state index contributed by atoms with van der Waals surface area (Å²) >= 11 is 0. The number of aliphatic hydroxyl groups excluding tert-OH is 3. The van der Waals surface area contributed by atoms with Gasteiger partial charge in [-0.3, -0.25) is 27.7 Å². The number of carbonyl (C=O) groups excluding carboxylic acids is 2. The maximum atomic E-state index is 12.1. The number of hydrogen-bond acceptors (Lipinski definition) is 13. The molecule has 0 aromatic carbocycles. The second kappa shape index (κ2) is 41.9. The Labute approximate surface area is 380 Å². The van der Waals surface area contributed by atoms with Gasteiger partial charge in [-0.25, -0.2) is 9.13 Å². The summed E-state index contributed by atoms with van der Waals surface area (Å²) in [6.07, 6.45) is 47.7. The molecule has 0 rings (SSSR count). The zero-order chi connectivity index (χ0) is 47.4. The van der Waals surface area contributed by atoms with Crippen molar-refractivity contribution in [1.29, 1.82) is 0 Å². The van der Waals surface area contributed by atoms with Gasteiger partial charge in [0.15, 0.2) is 0 Å². The van der Waals surface area contributed by atoms with Gasteiger partial charge in [-0.1, -0.05) is 148 Å². The minimum Gasteiger partial charge on any atom is -0.463 e. The summed E-state index contributed by atoms with van der Waals surface area (Å²) in [6.45, 7) is -0.0876. The molecule has 5 N–H and O–H groups in total. The molecule has 0 saturated carbocycles. The lowest BCUT2D eigenvalue weighted by molar-refractivity contribution is -0.148. The second-order valence-electron chi connectivity index (χ2n) is 13.7. The highest BCUT2D eigenvalue weighted by molar-refractivity contribution is 7.47. The van der Waals surface area contributed by atoms with Crippen molar-refractivity contribution in [2.24, 2.45) is 0 Å². The highest BCUT2D eigenvalue weighted by atomic mass is 31.2. The largest absolute Gasteiger partial charge is 0.472 e. The van der Waals surface area contributed by atoms with Crippen molar-refractivity contribution >= 4 is 27.6 Å². The number of hydrogen-bond donors (Lipinski definition) is 5. The molecule has 0 aliphatic carbocycles. The summed E-state index contributed by atoms with van der Waals surface area (Å²) < 4.78 is 52.7. The molecular weight excluding hydrogens is 866 g/mol. The first-order valence-electron chi connectivity index (χ1n) is 21.6. The smallest absolute Gasteiger partial charge is 0.463 e. The molecule has 17 heteroatoms. The number of phosphoric ester groups is 2. The third-order valence-corrected chi connectivity index (χ3v) is 9.64. The van der Waals surface area contributed by atoms with Gasteiger partial charge in [-0.05, 0) is 64.2 Å². The van der Waals surface area contributed by atoms with Gasteiger partial charge < -0.3 is 34.6 Å². The molecule has 0 bridgehead atoms. The minimum atomic E-state index is -4.81. The van der Waals surface area contributed by atoms with E-state index in [-0.39, 0.29) is 12.8 Å². The van der Waals surface area contributed by atoms with Gasteiger partial charge in [0.1, 0.15) is 31.5 Å². The number of unbranched alkanes of at least 4 members (excludes halogenated alkanes) is 1. The van der Waals surface area contributed by atoms with Crippen molar-refractivity contribution in [1.82, 2.24) is 0 Å². The maximum absolute atomic E-state index is 12.1. The van der Waals surface area contributed by atoms with Crippen molar-refractivity contribution in [2.75, 3.05) is 39.6 Å². The van der Waals surface area contributed by atoms with E-state index in [0.717, 1.165) is 38.5 Å². The Morgan fingerprint density at radius 3 is 1.16 bits per heavy atom. The molecule has 360 valence electrons. The van der Waals surface area contributed by atoms with E-state index in [1.807, 2.05) is 72.9 Å². The fourth-order valence-corrected chi connectivity index (χ4v) is 6.03. The van der Waals surface area contributed by atoms with E-state index < -0.39 is 85.5 Å². The molecule has 5 atom stereocenters. The number of rotatable bonds is 39. The first-order valence-corrected chi connectivity index (χ1v) is 24.6. The highest BCUT2D eigenvalue weighted by Gasteiger charge is 2.28. The van der Waals surface area contributed by atoms with Crippen LogP contribution < -0.4 is 0 Å². The summed E-state index contributed by atoms with van der Waals surface area (Å²) in [4.78, 5) is 43.6. The van der Waals surface area contributed by atoms with Crippen LogP contribution in [0.5, 0.6) is 0 Å². The van der Waals surface area contributed by atoms with Crippen LogP contribution in [0.1, 0.15) is 90.9 Å². The van der Waals surface area contributed by atoms with Crippen molar-refractivity contribution in [3.63, 3.8) is 0 Å². The molecule has 0 amide bonds. The van der Waals surface area contributed by atoms with Crippen LogP contribution in [-0.4, -0.2) is 95.0 Å². The lowest BCUT2D eigenvalue weighted by Crippen LogP contribution is -2.25. The summed E-state index contributed by atoms with van der Waals surface area (Å²) in [7, 11) is -9.63. The summed E-state index contributed by atoms with van der Waals surface area (Å²) in [5.41, 5.74) is 0. The normalized spacial score (nSPS) is 16.4. The van der Waals surface area contributed by atoms with E-state index in [4.69, 9.17) is 9.47 Å². The number of allylic oxidation sites excluding steroid dienone is 22. The summed E-state index contributed by atoms with van der Waals surface area (Å²) in [6, 6.07) is 0. The van der Waals surface area contributed by atoms with Gasteiger partial charge in [-0.15, -0.1) is 0 Å². The van der Waals surface area contributed by atoms with Crippen molar-refractivity contribution in [3.8, 4) is 0 Å². The van der Waals surface area contributed by atoms with Crippen molar-refractivity contribution in [3.05, 3.63) is 134 Å². The molecule has 0 aromatic rings. The van der Waals surface area contributed by atoms with Gasteiger partial charge >= 0.3 is 27.6 Å². The van der Waals surface area contributed by atoms with E-state index in [1.54, 1.807) is 0 Å². The van der Waals surface area contributed by atoms with E-state index >= 15 is 0 Å². The third kappa shape index (κ3) is 43.4. The number of phosphoric acid groups is 2. The van der Waals surface area contributed by atoms with Crippen LogP contribution in [0.15, 0.2) is 134 Å². The molecule has 0 aromatic heterocycles. The molecule has 0 aliphatic heterocycles. The summed E-state index contributed by atoms with van der Waals surface area (Å²) in [5, 5.41) is 29.9. The molecule has 0 radical (unpaired) electrons. The van der Waals surface area contributed by atoms with Crippen LogP contribution in [0, 0.1) is 0 Å². The van der Waals surface area contributed by atoms with Crippen molar-refractivity contribution in [2.45, 2.75) is 109 Å². The van der Waals surface area contributed by atoms with E-state index in [2.05, 4.69) is 92.7 Å². The van der Waals surface area contributed by atoms with Crippen LogP contribution >= 0.6 is 15.6 Å². The standard InChI is InChI=1S/C47H72O15P2/c1-3-5-7-9-11-13-15-17-18-19-20-21-22-24-26-28-30-32-34-36-47(52)58-38-44(49)40-60-64(55,56)62-42-45(50)41-61-63(53,54)59-39-43(48)37-57-46(51)35-33-31-29-27-25-23-16-14-12-10-8-6-4-2/h5-8,10-14,16-18,20-21,23-27,29-30,32,43-45,48-50H,3-4,9,15,19,22,28,31,33-42H2,1-2H3,(H,53,54)(H,55,56)/b7-5-,8-6+,12-10+,13-11-,16-14-,18-17-,21-20-,25-23-,26-24-,29-27+,32-30-. The van der Waals surface area contributed by atoms with E-state index in [1.165, 1.54) is 0 Å². The number of aliphatic hydroxyl groups is 3. The Hall–Kier alpha value is -3.82. The molecular formula is C47H72O15P2. The lowest BCUT2D eigenvalue weighted by Gasteiger charge is -2.19. The highest BCUT2D eigenvalue weighted by Crippen LogP contribution is 2.45. The Morgan fingerprint density at radius 1 is 0.422 bits per heavy atom. The number of ether oxygens (including phenoxy) is 2. The Balaban J connectivity index is 4.09. The first kappa shape index (κ1) is 60.2. The SMILES string of the molecule is CC/C=C\C/C=C\C/C=C\C/C=C\C/C=C\C/C=C\CCC(=O)OCC(O)COP(=O)(O)OCC(O)COP(=O)(O)OCC(O)COC(=O)CCC/C=C/C=C\C=C/C=C/C=C/CC. The first-order chi connectivity index (χ1) is 30.8. The molecule has 0 heterocycles. The fourth-order valence-electron chi connectivity index (χ4n) is 4.44. The van der Waals surface area contributed by atoms with Gasteiger partial charge in [0.2, 0.25) is 0 Å². The second-order valence-corrected chi connectivity index (χ2v) is 16.6. The van der Waals surface area contributed by atoms with Crippen LogP contribution in [0.3, 0.4) is 0 Å². The fraction of sp³-hybridized carbons (Fsp3) is 0.489. The third-order valence-electron chi connectivity index (χ3n) is 7.74. The van der Waals surface area contributed by atoms with Gasteiger partial charge in [0.05, 0.1) is 26.4 Å². The van der Waals surface area contributed by atoms with Crippen LogP contribution in [-0.2, 0) is 46.3 Å². The monoisotopic (exact) mass is 938 g/mol. The van der Waals surface area contributed by atoms with E-state index in [9.17, 15) is 43.8 Å². The average Bonchev–Trinajstić information content (AvgIpc) is 3.27. The molecule has 5 unspecified atom stereocenters.